The highest BCUT2D eigenvalue weighted by Gasteiger charge is 2.20. The summed E-state index contributed by atoms with van der Waals surface area (Å²) in [6, 6.07) is 10.5. The number of nitrogens with one attached hydrogen (secondary N) is 1. The van der Waals surface area contributed by atoms with Gasteiger partial charge in [-0.3, -0.25) is 0 Å². The summed E-state index contributed by atoms with van der Waals surface area (Å²) in [5.41, 5.74) is 2.51. The predicted octanol–water partition coefficient (Wildman–Crippen LogP) is 5.25. The highest BCUT2D eigenvalue weighted by Crippen LogP contribution is 2.32. The summed E-state index contributed by atoms with van der Waals surface area (Å²) in [4.78, 5) is 0. The van der Waals surface area contributed by atoms with Gasteiger partial charge >= 0.3 is 0 Å². The van der Waals surface area contributed by atoms with Gasteiger partial charge in [0.05, 0.1) is 6.04 Å². The van der Waals surface area contributed by atoms with Crippen LogP contribution in [-0.2, 0) is 0 Å². The molecule has 0 aliphatic heterocycles. The van der Waals surface area contributed by atoms with Gasteiger partial charge in [0, 0.05) is 15.1 Å². The molecular formula is C16H16BrClFN. The summed E-state index contributed by atoms with van der Waals surface area (Å²) < 4.78 is 15.1. The largest absolute Gasteiger partial charge is 0.306 e. The third-order valence-electron chi connectivity index (χ3n) is 3.14. The highest BCUT2D eigenvalue weighted by molar-refractivity contribution is 9.10. The van der Waals surface area contributed by atoms with E-state index in [1.165, 1.54) is 6.07 Å². The van der Waals surface area contributed by atoms with Gasteiger partial charge in [0.15, 0.2) is 0 Å². The van der Waals surface area contributed by atoms with Gasteiger partial charge in [-0.25, -0.2) is 4.39 Å². The molecule has 1 N–H and O–H groups in total. The summed E-state index contributed by atoms with van der Waals surface area (Å²) in [6.07, 6.45) is 0. The summed E-state index contributed by atoms with van der Waals surface area (Å²) in [6.45, 7) is 4.67. The maximum absolute atomic E-state index is 14.2. The van der Waals surface area contributed by atoms with Crippen molar-refractivity contribution in [2.24, 2.45) is 0 Å². The topological polar surface area (TPSA) is 12.0 Å². The van der Waals surface area contributed by atoms with E-state index in [4.69, 9.17) is 11.6 Å². The first-order valence-corrected chi connectivity index (χ1v) is 7.64. The van der Waals surface area contributed by atoms with Crippen LogP contribution in [-0.4, -0.2) is 6.54 Å². The Balaban J connectivity index is 2.55. The molecule has 2 rings (SSSR count). The lowest BCUT2D eigenvalue weighted by molar-refractivity contribution is 0.558. The van der Waals surface area contributed by atoms with Gasteiger partial charge in [0.25, 0.3) is 0 Å². The summed E-state index contributed by atoms with van der Waals surface area (Å²) in [5, 5.41) is 3.93. The molecule has 2 aromatic rings. The smallest absolute Gasteiger partial charge is 0.128 e. The Kier molecular flexibility index (Phi) is 5.19. The zero-order valence-corrected chi connectivity index (χ0v) is 13.7. The van der Waals surface area contributed by atoms with Crippen molar-refractivity contribution < 1.29 is 4.39 Å². The van der Waals surface area contributed by atoms with Crippen LogP contribution in [0.2, 0.25) is 5.02 Å². The van der Waals surface area contributed by atoms with Crippen molar-refractivity contribution in [2.75, 3.05) is 6.54 Å². The van der Waals surface area contributed by atoms with Gasteiger partial charge in [0.2, 0.25) is 0 Å². The third kappa shape index (κ3) is 3.40. The van der Waals surface area contributed by atoms with Crippen molar-refractivity contribution in [3.05, 3.63) is 68.4 Å². The molecule has 0 aromatic heterocycles. The third-order valence-corrected chi connectivity index (χ3v) is 3.98. The minimum atomic E-state index is -0.259. The number of hydrogen-bond donors (Lipinski definition) is 1. The number of hydrogen-bond acceptors (Lipinski definition) is 1. The van der Waals surface area contributed by atoms with E-state index in [1.807, 2.05) is 38.1 Å². The molecule has 1 unspecified atom stereocenters. The number of halogens is 3. The van der Waals surface area contributed by atoms with Crippen molar-refractivity contribution in [1.82, 2.24) is 5.32 Å². The van der Waals surface area contributed by atoms with E-state index in [0.717, 1.165) is 22.1 Å². The molecule has 20 heavy (non-hydrogen) atoms. The summed E-state index contributed by atoms with van der Waals surface area (Å²) in [5.74, 6) is -0.224. The normalized spacial score (nSPS) is 12.4. The molecule has 0 saturated carbocycles. The Morgan fingerprint density at radius 2 is 1.95 bits per heavy atom. The fourth-order valence-electron chi connectivity index (χ4n) is 2.21. The van der Waals surface area contributed by atoms with Crippen LogP contribution in [0.5, 0.6) is 0 Å². The van der Waals surface area contributed by atoms with Crippen molar-refractivity contribution in [3.8, 4) is 0 Å². The van der Waals surface area contributed by atoms with Crippen molar-refractivity contribution in [3.63, 3.8) is 0 Å². The van der Waals surface area contributed by atoms with Crippen LogP contribution >= 0.6 is 27.5 Å². The van der Waals surface area contributed by atoms with Crippen LogP contribution in [0.25, 0.3) is 0 Å². The molecule has 0 heterocycles. The zero-order chi connectivity index (χ0) is 14.7. The Hall–Kier alpha value is -0.900. The van der Waals surface area contributed by atoms with Gasteiger partial charge in [-0.2, -0.15) is 0 Å². The van der Waals surface area contributed by atoms with Gasteiger partial charge in [-0.15, -0.1) is 0 Å². The van der Waals surface area contributed by atoms with Crippen molar-refractivity contribution in [1.29, 1.82) is 0 Å². The minimum Gasteiger partial charge on any atom is -0.306 e. The molecule has 0 amide bonds. The molecule has 4 heteroatoms. The molecule has 1 nitrogen and oxygen atoms in total. The molecule has 0 saturated heterocycles. The van der Waals surface area contributed by atoms with E-state index < -0.39 is 0 Å². The van der Waals surface area contributed by atoms with Crippen LogP contribution in [0.3, 0.4) is 0 Å². The Labute approximate surface area is 132 Å². The first kappa shape index (κ1) is 15.5. The maximum Gasteiger partial charge on any atom is 0.128 e. The number of benzene rings is 2. The maximum atomic E-state index is 14.2. The van der Waals surface area contributed by atoms with Gasteiger partial charge < -0.3 is 5.32 Å². The summed E-state index contributed by atoms with van der Waals surface area (Å²) >= 11 is 9.73. The predicted molar refractivity (Wildman–Crippen MR) is 85.8 cm³/mol. The average Bonchev–Trinajstić information content (AvgIpc) is 2.42. The SMILES string of the molecule is CCNC(c1cc(C)ccc1F)c1cc(Br)ccc1Cl. The highest BCUT2D eigenvalue weighted by atomic mass is 79.9. The number of rotatable bonds is 4. The van der Waals surface area contributed by atoms with Crippen LogP contribution in [0.15, 0.2) is 40.9 Å². The molecule has 0 bridgehead atoms. The quantitative estimate of drug-likeness (QED) is 0.789. The van der Waals surface area contributed by atoms with Crippen LogP contribution in [0.4, 0.5) is 4.39 Å². The van der Waals surface area contributed by atoms with Crippen LogP contribution in [0.1, 0.15) is 29.7 Å². The Bertz CT molecular complexity index is 564. The minimum absolute atomic E-state index is 0.224. The van der Waals surface area contributed by atoms with E-state index in [9.17, 15) is 4.39 Å². The van der Waals surface area contributed by atoms with Gasteiger partial charge in [-0.05, 0) is 43.3 Å². The van der Waals surface area contributed by atoms with Crippen LogP contribution < -0.4 is 5.32 Å². The van der Waals surface area contributed by atoms with Crippen molar-refractivity contribution in [2.45, 2.75) is 19.9 Å². The molecule has 106 valence electrons. The molecule has 0 fully saturated rings. The molecular weight excluding hydrogens is 341 g/mol. The molecule has 2 aromatic carbocycles. The Morgan fingerprint density at radius 1 is 1.20 bits per heavy atom. The standard InChI is InChI=1S/C16H16BrClFN/c1-3-20-16(12-9-11(17)5-6-14(12)18)13-8-10(2)4-7-15(13)19/h4-9,16,20H,3H2,1-2H3. The first-order chi connectivity index (χ1) is 9.52. The van der Waals surface area contributed by atoms with Crippen LogP contribution in [0, 0.1) is 12.7 Å². The van der Waals surface area contributed by atoms with Crippen molar-refractivity contribution >= 4 is 27.5 Å². The van der Waals surface area contributed by atoms with E-state index in [1.54, 1.807) is 6.07 Å². The number of aryl methyl sites for hydroxylation is 1. The van der Waals surface area contributed by atoms with Gasteiger partial charge in [-0.1, -0.05) is 52.2 Å². The second-order valence-corrected chi connectivity index (χ2v) is 6.00. The fourth-order valence-corrected chi connectivity index (χ4v) is 2.82. The van der Waals surface area contributed by atoms with Gasteiger partial charge in [0.1, 0.15) is 5.82 Å². The lowest BCUT2D eigenvalue weighted by Gasteiger charge is -2.21. The lowest BCUT2D eigenvalue weighted by Crippen LogP contribution is -2.23. The molecule has 0 radical (unpaired) electrons. The average molecular weight is 357 g/mol. The summed E-state index contributed by atoms with van der Waals surface area (Å²) in [7, 11) is 0. The molecule has 0 aliphatic rings. The van der Waals surface area contributed by atoms with E-state index in [-0.39, 0.29) is 11.9 Å². The lowest BCUT2D eigenvalue weighted by atomic mass is 9.96. The van der Waals surface area contributed by atoms with E-state index in [2.05, 4.69) is 21.2 Å². The molecule has 1 atom stereocenters. The second-order valence-electron chi connectivity index (χ2n) is 4.68. The van der Waals surface area contributed by atoms with E-state index >= 15 is 0 Å². The Morgan fingerprint density at radius 3 is 2.65 bits per heavy atom. The first-order valence-electron chi connectivity index (χ1n) is 6.47. The molecule has 0 spiro atoms. The zero-order valence-electron chi connectivity index (χ0n) is 11.4. The monoisotopic (exact) mass is 355 g/mol. The second kappa shape index (κ2) is 6.70. The molecule has 0 aliphatic carbocycles. The fraction of sp³-hybridized carbons (Fsp3) is 0.250. The van der Waals surface area contributed by atoms with E-state index in [0.29, 0.717) is 10.6 Å².